The Morgan fingerprint density at radius 1 is 0.330 bits per heavy atom. The molecule has 6 atom stereocenters. The molecule has 19 heteroatoms. The fraction of sp³-hybridized carbons (Fsp3) is 0.942. The van der Waals surface area contributed by atoms with Gasteiger partial charge in [0.15, 0.2) is 12.2 Å². The molecule has 17 nitrogen and oxygen atoms in total. The first-order chi connectivity index (χ1) is 42.3. The van der Waals surface area contributed by atoms with E-state index in [1.165, 1.54) is 154 Å². The van der Waals surface area contributed by atoms with E-state index in [4.69, 9.17) is 37.0 Å². The van der Waals surface area contributed by atoms with E-state index in [0.717, 1.165) is 108 Å². The van der Waals surface area contributed by atoms with E-state index in [1.54, 1.807) is 0 Å². The molecule has 522 valence electrons. The maximum absolute atomic E-state index is 13.0. The quantitative estimate of drug-likeness (QED) is 0.0222. The fourth-order valence-electron chi connectivity index (χ4n) is 10.3. The molecule has 0 amide bonds. The number of esters is 4. The van der Waals surface area contributed by atoms with Gasteiger partial charge in [0, 0.05) is 25.7 Å². The Labute approximate surface area is 537 Å². The summed E-state index contributed by atoms with van der Waals surface area (Å²) in [5.74, 6) is 0.164. The molecule has 0 rings (SSSR count). The maximum Gasteiger partial charge on any atom is 0.472 e. The largest absolute Gasteiger partial charge is 0.472 e. The van der Waals surface area contributed by atoms with Crippen LogP contribution >= 0.6 is 15.6 Å². The van der Waals surface area contributed by atoms with Gasteiger partial charge in [-0.1, -0.05) is 292 Å². The molecule has 0 heterocycles. The fourth-order valence-corrected chi connectivity index (χ4v) is 11.9. The zero-order valence-corrected chi connectivity index (χ0v) is 59.0. The summed E-state index contributed by atoms with van der Waals surface area (Å²) < 4.78 is 68.2. The molecule has 0 aromatic rings. The number of hydrogen-bond donors (Lipinski definition) is 3. The Morgan fingerprint density at radius 3 is 0.864 bits per heavy atom. The average molecular weight is 1300 g/mol. The highest BCUT2D eigenvalue weighted by Gasteiger charge is 2.30. The van der Waals surface area contributed by atoms with Crippen molar-refractivity contribution >= 4 is 39.5 Å². The van der Waals surface area contributed by atoms with Crippen LogP contribution in [-0.2, 0) is 65.4 Å². The van der Waals surface area contributed by atoms with E-state index < -0.39 is 97.5 Å². The molecule has 0 aromatic carbocycles. The van der Waals surface area contributed by atoms with Crippen LogP contribution in [0, 0.1) is 17.8 Å². The lowest BCUT2D eigenvalue weighted by Crippen LogP contribution is -2.30. The predicted octanol–water partition coefficient (Wildman–Crippen LogP) is 19.5. The highest BCUT2D eigenvalue weighted by atomic mass is 31.2. The van der Waals surface area contributed by atoms with E-state index in [0.29, 0.717) is 25.7 Å². The number of phosphoric acid groups is 2. The van der Waals surface area contributed by atoms with Gasteiger partial charge in [0.2, 0.25) is 0 Å². The molecule has 0 aliphatic carbocycles. The first-order valence-electron chi connectivity index (χ1n) is 35.9. The summed E-state index contributed by atoms with van der Waals surface area (Å²) >= 11 is 0. The zero-order valence-electron chi connectivity index (χ0n) is 57.2. The minimum Gasteiger partial charge on any atom is -0.462 e. The van der Waals surface area contributed by atoms with Gasteiger partial charge < -0.3 is 33.8 Å². The summed E-state index contributed by atoms with van der Waals surface area (Å²) in [6.07, 6.45) is 42.9. The van der Waals surface area contributed by atoms with Crippen LogP contribution in [0.3, 0.4) is 0 Å². The minimum absolute atomic E-state index is 0.105. The Bertz CT molecular complexity index is 1730. The van der Waals surface area contributed by atoms with Crippen molar-refractivity contribution in [2.24, 2.45) is 17.8 Å². The molecule has 0 radical (unpaired) electrons. The van der Waals surface area contributed by atoms with E-state index in [-0.39, 0.29) is 25.7 Å². The third kappa shape index (κ3) is 61.6. The second-order valence-corrected chi connectivity index (χ2v) is 29.0. The van der Waals surface area contributed by atoms with Gasteiger partial charge in [-0.15, -0.1) is 0 Å². The molecule has 0 spiro atoms. The third-order valence-corrected chi connectivity index (χ3v) is 18.1. The van der Waals surface area contributed by atoms with Crippen LogP contribution in [0.2, 0.25) is 0 Å². The second kappa shape index (κ2) is 60.0. The molecule has 0 bridgehead atoms. The van der Waals surface area contributed by atoms with Crippen LogP contribution in [0.5, 0.6) is 0 Å². The van der Waals surface area contributed by atoms with Gasteiger partial charge in [-0.05, 0) is 43.4 Å². The molecular weight excluding hydrogens is 1160 g/mol. The van der Waals surface area contributed by atoms with Gasteiger partial charge in [-0.2, -0.15) is 0 Å². The molecule has 3 unspecified atom stereocenters. The number of carbonyl (C=O) groups excluding carboxylic acids is 4. The maximum atomic E-state index is 13.0. The number of aliphatic hydroxyl groups is 1. The van der Waals surface area contributed by atoms with Crippen molar-refractivity contribution in [3.63, 3.8) is 0 Å². The SMILES string of the molecule is CCCCCCCCCCCC(=O)OC[C@H](COP(=O)(O)OC[C@H](O)COP(=O)(O)OC[C@@H](COC(=O)CCCCCCCCCCCCC(C)C)OC(=O)CCCCCCCCCCCCCC(C)C)OC(=O)CCCCCCCCCCC(C)CC. The van der Waals surface area contributed by atoms with Crippen molar-refractivity contribution in [2.75, 3.05) is 39.6 Å². The van der Waals surface area contributed by atoms with Crippen molar-refractivity contribution in [1.29, 1.82) is 0 Å². The third-order valence-electron chi connectivity index (χ3n) is 16.2. The van der Waals surface area contributed by atoms with E-state index >= 15 is 0 Å². The first kappa shape index (κ1) is 86.1. The average Bonchev–Trinajstić information content (AvgIpc) is 3.63. The summed E-state index contributed by atoms with van der Waals surface area (Å²) in [7, 11) is -9.90. The summed E-state index contributed by atoms with van der Waals surface area (Å²) in [4.78, 5) is 72.5. The van der Waals surface area contributed by atoms with Crippen LogP contribution in [0.15, 0.2) is 0 Å². The highest BCUT2D eigenvalue weighted by molar-refractivity contribution is 7.47. The Hall–Kier alpha value is -1.94. The number of ether oxygens (including phenoxy) is 4. The number of rotatable bonds is 67. The topological polar surface area (TPSA) is 237 Å². The molecule has 88 heavy (non-hydrogen) atoms. The van der Waals surface area contributed by atoms with Gasteiger partial charge in [0.1, 0.15) is 19.3 Å². The van der Waals surface area contributed by atoms with Crippen LogP contribution in [0.1, 0.15) is 344 Å². The van der Waals surface area contributed by atoms with Crippen molar-refractivity contribution in [3.8, 4) is 0 Å². The molecule has 0 aliphatic heterocycles. The van der Waals surface area contributed by atoms with Crippen LogP contribution < -0.4 is 0 Å². The molecule has 0 aromatic heterocycles. The molecule has 0 fully saturated rings. The normalized spacial score (nSPS) is 14.5. The molecule has 0 saturated heterocycles. The van der Waals surface area contributed by atoms with Crippen molar-refractivity contribution in [2.45, 2.75) is 362 Å². The Kier molecular flexibility index (Phi) is 58.7. The predicted molar refractivity (Wildman–Crippen MR) is 354 cm³/mol. The number of aliphatic hydroxyl groups excluding tert-OH is 1. The Balaban J connectivity index is 5.26. The monoisotopic (exact) mass is 1300 g/mol. The lowest BCUT2D eigenvalue weighted by molar-refractivity contribution is -0.161. The van der Waals surface area contributed by atoms with E-state index in [2.05, 4.69) is 48.5 Å². The van der Waals surface area contributed by atoms with Crippen molar-refractivity contribution in [1.82, 2.24) is 0 Å². The summed E-state index contributed by atoms with van der Waals surface area (Å²) in [6.45, 7) is 11.8. The molecular formula is C69H134O17P2. The van der Waals surface area contributed by atoms with Gasteiger partial charge in [0.05, 0.1) is 26.4 Å². The molecule has 0 saturated carbocycles. The minimum atomic E-state index is -4.95. The number of carbonyl (C=O) groups is 4. The molecule has 0 aliphatic rings. The van der Waals surface area contributed by atoms with Crippen molar-refractivity contribution in [3.05, 3.63) is 0 Å². The van der Waals surface area contributed by atoms with Gasteiger partial charge in [0.25, 0.3) is 0 Å². The summed E-state index contributed by atoms with van der Waals surface area (Å²) in [6, 6.07) is 0. The van der Waals surface area contributed by atoms with Gasteiger partial charge >= 0.3 is 39.5 Å². The zero-order chi connectivity index (χ0) is 65.2. The van der Waals surface area contributed by atoms with Crippen LogP contribution in [-0.4, -0.2) is 96.7 Å². The van der Waals surface area contributed by atoms with Crippen LogP contribution in [0.25, 0.3) is 0 Å². The first-order valence-corrected chi connectivity index (χ1v) is 38.9. The number of phosphoric ester groups is 2. The van der Waals surface area contributed by atoms with Gasteiger partial charge in [-0.3, -0.25) is 37.3 Å². The summed E-state index contributed by atoms with van der Waals surface area (Å²) in [5.41, 5.74) is 0. The van der Waals surface area contributed by atoms with Crippen LogP contribution in [0.4, 0.5) is 0 Å². The standard InChI is InChI=1S/C69H134O17P2/c1-8-10-11-12-13-19-29-36-43-50-66(71)79-56-65(86-69(74)53-46-39-32-25-24-28-35-42-49-62(7)9-2)59-84-88(77,78)82-55-63(70)54-81-87(75,76)83-58-64(57-80-67(72)51-44-37-30-22-18-17-21-27-34-41-48-61(5)6)85-68(73)52-45-38-31-23-16-14-15-20-26-33-40-47-60(3)4/h60-65,70H,8-59H2,1-7H3,(H,75,76)(H,77,78)/t62?,63-,64-,65-/m1/s1. The smallest absolute Gasteiger partial charge is 0.462 e. The Morgan fingerprint density at radius 2 is 0.580 bits per heavy atom. The number of unbranched alkanes of at least 4 members (excludes halogenated alkanes) is 34. The van der Waals surface area contributed by atoms with Crippen molar-refractivity contribution < 1.29 is 80.2 Å². The number of hydrogen-bond acceptors (Lipinski definition) is 15. The molecule has 3 N–H and O–H groups in total. The second-order valence-electron chi connectivity index (χ2n) is 26.1. The van der Waals surface area contributed by atoms with Gasteiger partial charge in [-0.25, -0.2) is 9.13 Å². The lowest BCUT2D eigenvalue weighted by Gasteiger charge is -2.21. The van der Waals surface area contributed by atoms with E-state index in [9.17, 15) is 43.2 Å². The summed E-state index contributed by atoms with van der Waals surface area (Å²) in [5, 5.41) is 10.6. The lowest BCUT2D eigenvalue weighted by atomic mass is 9.99. The highest BCUT2D eigenvalue weighted by Crippen LogP contribution is 2.45. The van der Waals surface area contributed by atoms with E-state index in [1.807, 2.05) is 0 Å².